The van der Waals surface area contributed by atoms with E-state index in [1.165, 1.54) is 25.7 Å². The van der Waals surface area contributed by atoms with Crippen molar-refractivity contribution in [3.63, 3.8) is 0 Å². The normalized spacial score (nSPS) is 53.2. The van der Waals surface area contributed by atoms with E-state index in [9.17, 15) is 0 Å². The van der Waals surface area contributed by atoms with Crippen molar-refractivity contribution in [1.29, 1.82) is 0 Å². The molecule has 0 amide bonds. The first-order valence-electron chi connectivity index (χ1n) is 7.58. The molecule has 5 aliphatic rings. The highest BCUT2D eigenvalue weighted by atomic mass is 16.7. The highest BCUT2D eigenvalue weighted by Crippen LogP contribution is 2.65. The van der Waals surface area contributed by atoms with Crippen LogP contribution >= 0.6 is 0 Å². The van der Waals surface area contributed by atoms with Crippen LogP contribution < -0.4 is 5.32 Å². The molecule has 18 heavy (non-hydrogen) atoms. The van der Waals surface area contributed by atoms with Gasteiger partial charge in [0.15, 0.2) is 0 Å². The van der Waals surface area contributed by atoms with Crippen molar-refractivity contribution >= 4 is 7.12 Å². The van der Waals surface area contributed by atoms with Gasteiger partial charge in [-0.05, 0) is 56.4 Å². The number of hydrogen-bond acceptors (Lipinski definition) is 3. The van der Waals surface area contributed by atoms with Gasteiger partial charge in [0, 0.05) is 5.94 Å². The van der Waals surface area contributed by atoms with E-state index in [4.69, 9.17) is 9.31 Å². The van der Waals surface area contributed by atoms with E-state index in [0.29, 0.717) is 23.4 Å². The van der Waals surface area contributed by atoms with Crippen molar-refractivity contribution in [2.45, 2.75) is 64.1 Å². The lowest BCUT2D eigenvalue weighted by Crippen LogP contribution is -2.65. The van der Waals surface area contributed by atoms with E-state index in [1.54, 1.807) is 0 Å². The van der Waals surface area contributed by atoms with Gasteiger partial charge in [0.25, 0.3) is 0 Å². The quantitative estimate of drug-likeness (QED) is 0.721. The molecule has 100 valence electrons. The molecule has 2 heterocycles. The minimum absolute atomic E-state index is 0.00218. The summed E-state index contributed by atoms with van der Waals surface area (Å²) in [5.74, 6) is 1.95. The third kappa shape index (κ3) is 1.32. The van der Waals surface area contributed by atoms with Crippen LogP contribution in [-0.4, -0.2) is 31.3 Å². The fraction of sp³-hybridized carbons (Fsp3) is 1.00. The molecule has 2 bridgehead atoms. The first-order valence-corrected chi connectivity index (χ1v) is 7.58. The predicted molar refractivity (Wildman–Crippen MR) is 71.1 cm³/mol. The molecule has 3 aliphatic carbocycles. The van der Waals surface area contributed by atoms with E-state index in [1.807, 2.05) is 0 Å². The highest BCUT2D eigenvalue weighted by Gasteiger charge is 2.68. The molecule has 1 N–H and O–H groups in total. The fourth-order valence-electron chi connectivity index (χ4n) is 5.01. The Morgan fingerprint density at radius 2 is 2.06 bits per heavy atom. The largest absolute Gasteiger partial charge is 0.475 e. The smallest absolute Gasteiger partial charge is 0.404 e. The lowest BCUT2D eigenvalue weighted by Gasteiger charge is -2.64. The minimum Gasteiger partial charge on any atom is -0.404 e. The Kier molecular flexibility index (Phi) is 2.30. The summed E-state index contributed by atoms with van der Waals surface area (Å²) in [6.45, 7) is 8.25. The van der Waals surface area contributed by atoms with Gasteiger partial charge >= 0.3 is 7.12 Å². The number of hydrogen-bond donors (Lipinski definition) is 1. The first-order chi connectivity index (χ1) is 8.52. The summed E-state index contributed by atoms with van der Waals surface area (Å²) >= 11 is 0. The molecule has 3 nitrogen and oxygen atoms in total. The molecule has 2 aliphatic heterocycles. The van der Waals surface area contributed by atoms with Crippen LogP contribution in [0.3, 0.4) is 0 Å². The zero-order valence-electron chi connectivity index (χ0n) is 11.7. The summed E-state index contributed by atoms with van der Waals surface area (Å²) in [5.41, 5.74) is 0.416. The van der Waals surface area contributed by atoms with Crippen LogP contribution in [0.15, 0.2) is 0 Å². The fourth-order valence-corrected chi connectivity index (χ4v) is 5.01. The highest BCUT2D eigenvalue weighted by molar-refractivity contribution is 6.47. The van der Waals surface area contributed by atoms with Crippen LogP contribution in [0.1, 0.15) is 46.5 Å². The van der Waals surface area contributed by atoms with Crippen LogP contribution in [0.2, 0.25) is 0 Å². The van der Waals surface area contributed by atoms with Crippen LogP contribution in [0.5, 0.6) is 0 Å². The van der Waals surface area contributed by atoms with Gasteiger partial charge in [-0.1, -0.05) is 13.8 Å². The topological polar surface area (TPSA) is 30.5 Å². The van der Waals surface area contributed by atoms with Crippen molar-refractivity contribution in [2.24, 2.45) is 17.3 Å². The maximum atomic E-state index is 6.44. The first kappa shape index (κ1) is 11.7. The van der Waals surface area contributed by atoms with Crippen LogP contribution in [-0.2, 0) is 9.31 Å². The van der Waals surface area contributed by atoms with E-state index in [0.717, 1.165) is 12.5 Å². The van der Waals surface area contributed by atoms with Crippen LogP contribution in [0.4, 0.5) is 0 Å². The average Bonchev–Trinajstić information content (AvgIpc) is 2.92. The molecule has 5 rings (SSSR count). The molecule has 5 fully saturated rings. The summed E-state index contributed by atoms with van der Waals surface area (Å²) in [6, 6.07) is 0. The van der Waals surface area contributed by atoms with E-state index >= 15 is 0 Å². The van der Waals surface area contributed by atoms with Crippen molar-refractivity contribution in [1.82, 2.24) is 5.32 Å². The standard InChI is InChI=1S/C14H24BNO2/c1-13(2)9-7-10(13)14(3)11(8-9)17-15(18-14)12-5-4-6-16-12/h9-12,16H,4-8H2,1-3H3/t9-,10+,11+,12+,14-/m1/s1. The third-order valence-electron chi connectivity index (χ3n) is 6.40. The Hall–Kier alpha value is -0.0551. The lowest BCUT2D eigenvalue weighted by atomic mass is 9.43. The van der Waals surface area contributed by atoms with E-state index in [2.05, 4.69) is 26.1 Å². The molecule has 0 aromatic carbocycles. The maximum absolute atomic E-state index is 6.44. The van der Waals surface area contributed by atoms with Gasteiger partial charge in [-0.3, -0.25) is 0 Å². The second kappa shape index (κ2) is 3.53. The van der Waals surface area contributed by atoms with Gasteiger partial charge in [0.2, 0.25) is 0 Å². The zero-order chi connectivity index (χ0) is 12.5. The van der Waals surface area contributed by atoms with Crippen molar-refractivity contribution in [3.8, 4) is 0 Å². The van der Waals surface area contributed by atoms with Gasteiger partial charge in [-0.2, -0.15) is 0 Å². The molecule has 3 saturated carbocycles. The van der Waals surface area contributed by atoms with Crippen molar-refractivity contribution in [3.05, 3.63) is 0 Å². The number of rotatable bonds is 1. The Labute approximate surface area is 110 Å². The van der Waals surface area contributed by atoms with Crippen molar-refractivity contribution in [2.75, 3.05) is 6.54 Å². The molecule has 0 spiro atoms. The Morgan fingerprint density at radius 1 is 1.22 bits per heavy atom. The van der Waals surface area contributed by atoms with Gasteiger partial charge in [0.1, 0.15) is 0 Å². The molecular weight excluding hydrogens is 225 g/mol. The maximum Gasteiger partial charge on any atom is 0.475 e. The minimum atomic E-state index is -0.0345. The summed E-state index contributed by atoms with van der Waals surface area (Å²) < 4.78 is 12.7. The molecule has 5 atom stereocenters. The van der Waals surface area contributed by atoms with Crippen LogP contribution in [0, 0.1) is 17.3 Å². The molecule has 0 aromatic rings. The zero-order valence-corrected chi connectivity index (χ0v) is 11.7. The summed E-state index contributed by atoms with van der Waals surface area (Å²) in [4.78, 5) is 0. The van der Waals surface area contributed by atoms with Crippen molar-refractivity contribution < 1.29 is 9.31 Å². The van der Waals surface area contributed by atoms with Crippen LogP contribution in [0.25, 0.3) is 0 Å². The SMILES string of the molecule is CC1(C)[C@H]2C[C@@H]3OB([C@@H]4CCCN4)O[C@]3(C)[C@H]1C2. The Bertz CT molecular complexity index is 369. The Morgan fingerprint density at radius 3 is 2.72 bits per heavy atom. The van der Waals surface area contributed by atoms with Gasteiger partial charge < -0.3 is 14.6 Å². The Balaban J connectivity index is 1.57. The summed E-state index contributed by atoms with van der Waals surface area (Å²) in [7, 11) is -0.00218. The predicted octanol–water partition coefficient (Wildman–Crippen LogP) is 2.01. The average molecular weight is 249 g/mol. The molecular formula is C14H24BNO2. The summed E-state index contributed by atoms with van der Waals surface area (Å²) in [6.07, 6.45) is 5.33. The lowest BCUT2D eigenvalue weighted by molar-refractivity contribution is -0.199. The molecule has 0 unspecified atom stereocenters. The van der Waals surface area contributed by atoms with E-state index in [-0.39, 0.29) is 12.7 Å². The van der Waals surface area contributed by atoms with Gasteiger partial charge in [-0.25, -0.2) is 0 Å². The molecule has 2 saturated heterocycles. The van der Waals surface area contributed by atoms with E-state index < -0.39 is 0 Å². The second-order valence-electron chi connectivity index (χ2n) is 7.54. The number of nitrogens with one attached hydrogen (secondary N) is 1. The second-order valence-corrected chi connectivity index (χ2v) is 7.54. The summed E-state index contributed by atoms with van der Waals surface area (Å²) in [5, 5.41) is 3.52. The monoisotopic (exact) mass is 249 g/mol. The molecule has 0 aromatic heterocycles. The van der Waals surface area contributed by atoms with Gasteiger partial charge in [0.05, 0.1) is 11.7 Å². The third-order valence-corrected chi connectivity index (χ3v) is 6.40. The molecule has 4 heteroatoms. The molecule has 0 radical (unpaired) electrons. The van der Waals surface area contributed by atoms with Gasteiger partial charge in [-0.15, -0.1) is 0 Å².